The van der Waals surface area contributed by atoms with Crippen molar-refractivity contribution in [2.75, 3.05) is 13.6 Å². The van der Waals surface area contributed by atoms with Gasteiger partial charge in [0.05, 0.1) is 5.56 Å². The smallest absolute Gasteiger partial charge is 0.261 e. The molecule has 0 aromatic carbocycles. The molecule has 1 aromatic heterocycles. The molecule has 1 aliphatic heterocycles. The highest BCUT2D eigenvalue weighted by molar-refractivity contribution is 5.74. The Morgan fingerprint density at radius 2 is 2.22 bits per heavy atom. The van der Waals surface area contributed by atoms with Crippen molar-refractivity contribution in [2.24, 2.45) is 0 Å². The van der Waals surface area contributed by atoms with Crippen LogP contribution in [0.5, 0.6) is 0 Å². The molecule has 4 heteroatoms. The number of hydrogen-bond donors (Lipinski definition) is 0. The third-order valence-corrected chi connectivity index (χ3v) is 3.55. The Balaban J connectivity index is 2.51. The standard InChI is InChI=1S/C14H20N2O2/c1-3-4-6-16-13-5-7-15(2)9-11(13)8-12(10-17)14(16)18/h8,10H,3-7,9H2,1-2H3. The lowest BCUT2D eigenvalue weighted by Gasteiger charge is -2.27. The first kappa shape index (κ1) is 13.0. The maximum absolute atomic E-state index is 12.2. The number of hydrogen-bond acceptors (Lipinski definition) is 3. The number of likely N-dealkylation sites (N-methyl/N-ethyl adjacent to an activating group) is 1. The number of carbonyl (C=O) groups excluding carboxylic acids is 1. The highest BCUT2D eigenvalue weighted by Gasteiger charge is 2.19. The van der Waals surface area contributed by atoms with Gasteiger partial charge in [-0.15, -0.1) is 0 Å². The fourth-order valence-corrected chi connectivity index (χ4v) is 2.52. The third-order valence-electron chi connectivity index (χ3n) is 3.55. The van der Waals surface area contributed by atoms with Crippen molar-refractivity contribution in [3.63, 3.8) is 0 Å². The molecule has 18 heavy (non-hydrogen) atoms. The average molecular weight is 248 g/mol. The predicted octanol–water partition coefficient (Wildman–Crippen LogP) is 1.45. The van der Waals surface area contributed by atoms with Crippen LogP contribution in [0.1, 0.15) is 41.4 Å². The van der Waals surface area contributed by atoms with Crippen LogP contribution in [0.4, 0.5) is 0 Å². The Morgan fingerprint density at radius 1 is 1.44 bits per heavy atom. The zero-order valence-corrected chi connectivity index (χ0v) is 11.1. The number of fused-ring (bicyclic) bond motifs is 1. The normalized spacial score (nSPS) is 15.4. The molecule has 0 N–H and O–H groups in total. The molecule has 1 aromatic rings. The van der Waals surface area contributed by atoms with Gasteiger partial charge in [0.25, 0.3) is 5.56 Å². The van der Waals surface area contributed by atoms with E-state index in [1.807, 2.05) is 4.57 Å². The number of aromatic nitrogens is 1. The Morgan fingerprint density at radius 3 is 2.89 bits per heavy atom. The van der Waals surface area contributed by atoms with Gasteiger partial charge < -0.3 is 9.47 Å². The van der Waals surface area contributed by atoms with Gasteiger partial charge in [-0.25, -0.2) is 0 Å². The number of carbonyl (C=O) groups is 1. The summed E-state index contributed by atoms with van der Waals surface area (Å²) in [6.07, 6.45) is 3.60. The van der Waals surface area contributed by atoms with E-state index in [2.05, 4.69) is 18.9 Å². The second-order valence-corrected chi connectivity index (χ2v) is 4.99. The van der Waals surface area contributed by atoms with Crippen molar-refractivity contribution in [2.45, 2.75) is 39.3 Å². The Bertz CT molecular complexity index is 505. The lowest BCUT2D eigenvalue weighted by atomic mass is 10.0. The molecule has 0 fully saturated rings. The molecule has 0 amide bonds. The molecule has 0 atom stereocenters. The average Bonchev–Trinajstić information content (AvgIpc) is 2.37. The lowest BCUT2D eigenvalue weighted by Crippen LogP contribution is -2.35. The van der Waals surface area contributed by atoms with Crippen LogP contribution in [-0.4, -0.2) is 29.3 Å². The maximum Gasteiger partial charge on any atom is 0.261 e. The second-order valence-electron chi connectivity index (χ2n) is 4.99. The van der Waals surface area contributed by atoms with Gasteiger partial charge in [0, 0.05) is 31.7 Å². The van der Waals surface area contributed by atoms with E-state index in [1.165, 1.54) is 0 Å². The molecule has 0 saturated carbocycles. The van der Waals surface area contributed by atoms with Crippen LogP contribution in [0.15, 0.2) is 10.9 Å². The first-order valence-corrected chi connectivity index (χ1v) is 6.56. The summed E-state index contributed by atoms with van der Waals surface area (Å²) in [7, 11) is 2.06. The maximum atomic E-state index is 12.2. The van der Waals surface area contributed by atoms with E-state index in [-0.39, 0.29) is 5.56 Å². The number of pyridine rings is 1. The number of aldehydes is 1. The van der Waals surface area contributed by atoms with E-state index in [4.69, 9.17) is 0 Å². The van der Waals surface area contributed by atoms with E-state index in [1.54, 1.807) is 6.07 Å². The van der Waals surface area contributed by atoms with Crippen molar-refractivity contribution >= 4 is 6.29 Å². The predicted molar refractivity (Wildman–Crippen MR) is 71.0 cm³/mol. The van der Waals surface area contributed by atoms with Gasteiger partial charge in [0.2, 0.25) is 0 Å². The Labute approximate surface area is 107 Å². The van der Waals surface area contributed by atoms with Gasteiger partial charge in [0.15, 0.2) is 6.29 Å². The van der Waals surface area contributed by atoms with E-state index < -0.39 is 0 Å². The van der Waals surface area contributed by atoms with Crippen LogP contribution < -0.4 is 5.56 Å². The second kappa shape index (κ2) is 5.48. The fraction of sp³-hybridized carbons (Fsp3) is 0.571. The molecule has 0 radical (unpaired) electrons. The molecule has 2 rings (SSSR count). The Kier molecular flexibility index (Phi) is 3.97. The van der Waals surface area contributed by atoms with E-state index in [0.717, 1.165) is 50.2 Å². The molecular formula is C14H20N2O2. The SMILES string of the molecule is CCCCn1c2c(cc(C=O)c1=O)CN(C)CC2. The summed E-state index contributed by atoms with van der Waals surface area (Å²) in [5.74, 6) is 0. The zero-order valence-electron chi connectivity index (χ0n) is 11.1. The van der Waals surface area contributed by atoms with Crippen LogP contribution in [0.2, 0.25) is 0 Å². The molecule has 0 spiro atoms. The Hall–Kier alpha value is -1.42. The molecule has 0 unspecified atom stereocenters. The minimum absolute atomic E-state index is 0.123. The molecule has 1 aliphatic rings. The minimum Gasteiger partial charge on any atom is -0.312 e. The van der Waals surface area contributed by atoms with Crippen molar-refractivity contribution in [3.05, 3.63) is 33.2 Å². The van der Waals surface area contributed by atoms with E-state index in [0.29, 0.717) is 11.8 Å². The molecule has 2 heterocycles. The summed E-state index contributed by atoms with van der Waals surface area (Å²) >= 11 is 0. The highest BCUT2D eigenvalue weighted by Crippen LogP contribution is 2.17. The third kappa shape index (κ3) is 2.38. The van der Waals surface area contributed by atoms with E-state index >= 15 is 0 Å². The highest BCUT2D eigenvalue weighted by atomic mass is 16.1. The van der Waals surface area contributed by atoms with Crippen LogP contribution in [0, 0.1) is 0 Å². The van der Waals surface area contributed by atoms with Crippen molar-refractivity contribution < 1.29 is 4.79 Å². The number of unbranched alkanes of at least 4 members (excludes halogenated alkanes) is 1. The van der Waals surface area contributed by atoms with Gasteiger partial charge >= 0.3 is 0 Å². The molecular weight excluding hydrogens is 228 g/mol. The van der Waals surface area contributed by atoms with Gasteiger partial charge in [-0.2, -0.15) is 0 Å². The van der Waals surface area contributed by atoms with Crippen LogP contribution >= 0.6 is 0 Å². The lowest BCUT2D eigenvalue weighted by molar-refractivity contribution is 0.112. The summed E-state index contributed by atoms with van der Waals surface area (Å²) in [6.45, 7) is 4.62. The summed E-state index contributed by atoms with van der Waals surface area (Å²) in [6, 6.07) is 1.77. The van der Waals surface area contributed by atoms with Gasteiger partial charge in [-0.1, -0.05) is 13.3 Å². The largest absolute Gasteiger partial charge is 0.312 e. The first-order chi connectivity index (χ1) is 8.67. The van der Waals surface area contributed by atoms with Crippen LogP contribution in [0.3, 0.4) is 0 Å². The molecule has 0 aliphatic carbocycles. The van der Waals surface area contributed by atoms with Crippen molar-refractivity contribution in [1.82, 2.24) is 9.47 Å². The molecule has 0 bridgehead atoms. The number of rotatable bonds is 4. The van der Waals surface area contributed by atoms with Crippen LogP contribution in [-0.2, 0) is 19.5 Å². The van der Waals surface area contributed by atoms with Crippen molar-refractivity contribution in [1.29, 1.82) is 0 Å². The quantitative estimate of drug-likeness (QED) is 0.757. The zero-order chi connectivity index (χ0) is 13.1. The van der Waals surface area contributed by atoms with Crippen molar-refractivity contribution in [3.8, 4) is 0 Å². The number of nitrogens with zero attached hydrogens (tertiary/aromatic N) is 2. The summed E-state index contributed by atoms with van der Waals surface area (Å²) in [5.41, 5.74) is 2.42. The van der Waals surface area contributed by atoms with E-state index in [9.17, 15) is 9.59 Å². The van der Waals surface area contributed by atoms with Gasteiger partial charge in [0.1, 0.15) is 0 Å². The monoisotopic (exact) mass is 248 g/mol. The minimum atomic E-state index is -0.123. The summed E-state index contributed by atoms with van der Waals surface area (Å²) in [5, 5.41) is 0. The summed E-state index contributed by atoms with van der Waals surface area (Å²) in [4.78, 5) is 25.4. The topological polar surface area (TPSA) is 42.3 Å². The molecule has 98 valence electrons. The van der Waals surface area contributed by atoms with Gasteiger partial charge in [-0.3, -0.25) is 9.59 Å². The molecule has 0 saturated heterocycles. The first-order valence-electron chi connectivity index (χ1n) is 6.56. The summed E-state index contributed by atoms with van der Waals surface area (Å²) < 4.78 is 1.82. The molecule has 4 nitrogen and oxygen atoms in total. The fourth-order valence-electron chi connectivity index (χ4n) is 2.52. The van der Waals surface area contributed by atoms with Gasteiger partial charge in [-0.05, 0) is 25.1 Å². The van der Waals surface area contributed by atoms with Crippen LogP contribution in [0.25, 0.3) is 0 Å².